The molecule has 0 aromatic rings. The first-order valence-corrected chi connectivity index (χ1v) is 8.11. The molecule has 0 aromatic heterocycles. The van der Waals surface area contributed by atoms with Gasteiger partial charge < -0.3 is 10.2 Å². The van der Waals surface area contributed by atoms with Gasteiger partial charge in [0.05, 0.1) is 0 Å². The van der Waals surface area contributed by atoms with Crippen molar-refractivity contribution in [2.75, 3.05) is 59.4 Å². The van der Waals surface area contributed by atoms with E-state index in [1.54, 1.807) is 0 Å². The van der Waals surface area contributed by atoms with Gasteiger partial charge in [-0.3, -0.25) is 9.80 Å². The van der Waals surface area contributed by atoms with Crippen LogP contribution in [-0.4, -0.2) is 86.2 Å². The Bertz CT molecular complexity index is 251. The molecule has 19 heavy (non-hydrogen) atoms. The molecule has 0 radical (unpaired) electrons. The third-order valence-corrected chi connectivity index (χ3v) is 4.88. The molecular weight excluding hydrogens is 236 g/mol. The van der Waals surface area contributed by atoms with Crippen LogP contribution in [0.15, 0.2) is 0 Å². The molecule has 4 heteroatoms. The van der Waals surface area contributed by atoms with Crippen molar-refractivity contribution in [1.82, 2.24) is 20.0 Å². The minimum Gasteiger partial charge on any atom is -0.311 e. The SMILES string of the molecule is CCC1CN(CCN2CCN(C)CC2)C(CC)CN1. The average Bonchev–Trinajstić information content (AvgIpc) is 2.46. The number of likely N-dealkylation sites (N-methyl/N-ethyl adjacent to an activating group) is 1. The smallest absolute Gasteiger partial charge is 0.0219 e. The Labute approximate surface area is 119 Å². The van der Waals surface area contributed by atoms with Gasteiger partial charge in [0.25, 0.3) is 0 Å². The van der Waals surface area contributed by atoms with E-state index in [1.165, 1.54) is 65.2 Å². The van der Waals surface area contributed by atoms with Crippen molar-refractivity contribution in [3.05, 3.63) is 0 Å². The van der Waals surface area contributed by atoms with Crippen LogP contribution in [0.1, 0.15) is 26.7 Å². The number of piperazine rings is 2. The van der Waals surface area contributed by atoms with Gasteiger partial charge in [-0.2, -0.15) is 0 Å². The van der Waals surface area contributed by atoms with Crippen LogP contribution in [0.25, 0.3) is 0 Å². The molecule has 0 spiro atoms. The summed E-state index contributed by atoms with van der Waals surface area (Å²) in [6.45, 7) is 14.5. The van der Waals surface area contributed by atoms with Crippen LogP contribution >= 0.6 is 0 Å². The van der Waals surface area contributed by atoms with E-state index < -0.39 is 0 Å². The van der Waals surface area contributed by atoms with Crippen molar-refractivity contribution in [1.29, 1.82) is 0 Å². The third-order valence-electron chi connectivity index (χ3n) is 4.88. The Hall–Kier alpha value is -0.160. The zero-order valence-corrected chi connectivity index (χ0v) is 13.1. The maximum Gasteiger partial charge on any atom is 0.0219 e. The fraction of sp³-hybridized carbons (Fsp3) is 1.00. The van der Waals surface area contributed by atoms with Crippen LogP contribution in [0.5, 0.6) is 0 Å². The van der Waals surface area contributed by atoms with Gasteiger partial charge in [-0.25, -0.2) is 0 Å². The van der Waals surface area contributed by atoms with Gasteiger partial charge in [-0.15, -0.1) is 0 Å². The standard InChI is InChI=1S/C15H32N4/c1-4-14-13-19(15(5-2)12-16-14)11-10-18-8-6-17(3)7-9-18/h14-16H,4-13H2,1-3H3. The summed E-state index contributed by atoms with van der Waals surface area (Å²) in [5.74, 6) is 0. The molecule has 2 aliphatic rings. The van der Waals surface area contributed by atoms with Crippen LogP contribution in [0.2, 0.25) is 0 Å². The van der Waals surface area contributed by atoms with Gasteiger partial charge in [0.15, 0.2) is 0 Å². The predicted octanol–water partition coefficient (Wildman–Crippen LogP) is 0.696. The van der Waals surface area contributed by atoms with Gasteiger partial charge in [0, 0.05) is 64.4 Å². The van der Waals surface area contributed by atoms with Crippen LogP contribution in [0.3, 0.4) is 0 Å². The molecule has 1 N–H and O–H groups in total. The molecule has 112 valence electrons. The fourth-order valence-electron chi connectivity index (χ4n) is 3.22. The monoisotopic (exact) mass is 268 g/mol. The van der Waals surface area contributed by atoms with E-state index >= 15 is 0 Å². The zero-order valence-electron chi connectivity index (χ0n) is 13.1. The summed E-state index contributed by atoms with van der Waals surface area (Å²) in [6.07, 6.45) is 2.52. The quantitative estimate of drug-likeness (QED) is 0.792. The first kappa shape index (κ1) is 15.2. The summed E-state index contributed by atoms with van der Waals surface area (Å²) >= 11 is 0. The van der Waals surface area contributed by atoms with Gasteiger partial charge in [0.2, 0.25) is 0 Å². The highest BCUT2D eigenvalue weighted by Gasteiger charge is 2.26. The van der Waals surface area contributed by atoms with Crippen molar-refractivity contribution < 1.29 is 0 Å². The van der Waals surface area contributed by atoms with Crippen molar-refractivity contribution in [2.24, 2.45) is 0 Å². The lowest BCUT2D eigenvalue weighted by molar-refractivity contribution is 0.0907. The van der Waals surface area contributed by atoms with E-state index in [4.69, 9.17) is 0 Å². The first-order valence-electron chi connectivity index (χ1n) is 8.11. The van der Waals surface area contributed by atoms with Crippen LogP contribution in [-0.2, 0) is 0 Å². The number of nitrogens with zero attached hydrogens (tertiary/aromatic N) is 3. The van der Waals surface area contributed by atoms with Gasteiger partial charge >= 0.3 is 0 Å². The summed E-state index contributed by atoms with van der Waals surface area (Å²) < 4.78 is 0. The largest absolute Gasteiger partial charge is 0.311 e. The highest BCUT2D eigenvalue weighted by atomic mass is 15.3. The molecule has 2 aliphatic heterocycles. The Morgan fingerprint density at radius 2 is 1.74 bits per heavy atom. The third kappa shape index (κ3) is 4.42. The topological polar surface area (TPSA) is 21.8 Å². The molecule has 2 fully saturated rings. The lowest BCUT2D eigenvalue weighted by Crippen LogP contribution is -2.57. The number of hydrogen-bond donors (Lipinski definition) is 1. The molecule has 0 aromatic carbocycles. The van der Waals surface area contributed by atoms with Gasteiger partial charge in [-0.1, -0.05) is 13.8 Å². The van der Waals surface area contributed by atoms with Crippen LogP contribution < -0.4 is 5.32 Å². The summed E-state index contributed by atoms with van der Waals surface area (Å²) in [4.78, 5) is 7.79. The van der Waals surface area contributed by atoms with Crippen molar-refractivity contribution in [3.63, 3.8) is 0 Å². The molecule has 2 heterocycles. The summed E-state index contributed by atoms with van der Waals surface area (Å²) in [5.41, 5.74) is 0. The molecular formula is C15H32N4. The molecule has 2 saturated heterocycles. The molecule has 4 nitrogen and oxygen atoms in total. The molecule has 0 saturated carbocycles. The van der Waals surface area contributed by atoms with E-state index in [-0.39, 0.29) is 0 Å². The predicted molar refractivity (Wildman–Crippen MR) is 81.7 cm³/mol. The van der Waals surface area contributed by atoms with Crippen LogP contribution in [0.4, 0.5) is 0 Å². The summed E-state index contributed by atoms with van der Waals surface area (Å²) in [5, 5.41) is 3.68. The Kier molecular flexibility index (Phi) is 6.07. The van der Waals surface area contributed by atoms with E-state index in [1.807, 2.05) is 0 Å². The Morgan fingerprint density at radius 1 is 1.00 bits per heavy atom. The highest BCUT2D eigenvalue weighted by molar-refractivity contribution is 4.85. The lowest BCUT2D eigenvalue weighted by atomic mass is 10.1. The molecule has 0 bridgehead atoms. The number of hydrogen-bond acceptors (Lipinski definition) is 4. The van der Waals surface area contributed by atoms with Crippen molar-refractivity contribution in [2.45, 2.75) is 38.8 Å². The van der Waals surface area contributed by atoms with Gasteiger partial charge in [0.1, 0.15) is 0 Å². The van der Waals surface area contributed by atoms with E-state index in [9.17, 15) is 0 Å². The molecule has 2 rings (SSSR count). The van der Waals surface area contributed by atoms with E-state index in [0.717, 1.165) is 6.04 Å². The minimum atomic E-state index is 0.704. The van der Waals surface area contributed by atoms with E-state index in [2.05, 4.69) is 40.9 Å². The average molecular weight is 268 g/mol. The fourth-order valence-corrected chi connectivity index (χ4v) is 3.22. The maximum atomic E-state index is 3.68. The second kappa shape index (κ2) is 7.58. The second-order valence-corrected chi connectivity index (χ2v) is 6.22. The van der Waals surface area contributed by atoms with Gasteiger partial charge in [-0.05, 0) is 19.9 Å². The number of nitrogens with one attached hydrogen (secondary N) is 1. The van der Waals surface area contributed by atoms with Crippen molar-refractivity contribution >= 4 is 0 Å². The maximum absolute atomic E-state index is 3.68. The van der Waals surface area contributed by atoms with E-state index in [0.29, 0.717) is 6.04 Å². The highest BCUT2D eigenvalue weighted by Crippen LogP contribution is 2.12. The lowest BCUT2D eigenvalue weighted by Gasteiger charge is -2.41. The first-order chi connectivity index (χ1) is 9.22. The normalized spacial score (nSPS) is 31.7. The Balaban J connectivity index is 1.75. The molecule has 0 amide bonds. The molecule has 2 atom stereocenters. The van der Waals surface area contributed by atoms with Crippen LogP contribution in [0, 0.1) is 0 Å². The summed E-state index contributed by atoms with van der Waals surface area (Å²) in [7, 11) is 2.23. The molecule has 2 unspecified atom stereocenters. The Morgan fingerprint density at radius 3 is 2.37 bits per heavy atom. The molecule has 0 aliphatic carbocycles. The zero-order chi connectivity index (χ0) is 13.7. The second-order valence-electron chi connectivity index (χ2n) is 6.22. The number of rotatable bonds is 5. The summed E-state index contributed by atoms with van der Waals surface area (Å²) in [6, 6.07) is 1.45. The van der Waals surface area contributed by atoms with Crippen molar-refractivity contribution in [3.8, 4) is 0 Å². The minimum absolute atomic E-state index is 0.704.